The molecule has 0 radical (unpaired) electrons. The van der Waals surface area contributed by atoms with Crippen LogP contribution in [0.25, 0.3) is 11.1 Å². The van der Waals surface area contributed by atoms with Crippen LogP contribution in [-0.2, 0) is 22.6 Å². The van der Waals surface area contributed by atoms with Crippen molar-refractivity contribution in [3.8, 4) is 22.9 Å². The zero-order valence-corrected chi connectivity index (χ0v) is 16.2. The average molecular weight is 413 g/mol. The third-order valence-electron chi connectivity index (χ3n) is 5.22. The number of nitriles is 1. The van der Waals surface area contributed by atoms with Gasteiger partial charge in [0.1, 0.15) is 36.1 Å². The number of nitrogens with one attached hydrogen (secondary N) is 2. The Morgan fingerprint density at radius 1 is 1.30 bits per heavy atom. The van der Waals surface area contributed by atoms with Gasteiger partial charge < -0.3 is 20.1 Å². The normalized spacial score (nSPS) is 18.8. The summed E-state index contributed by atoms with van der Waals surface area (Å²) in [6.45, 7) is 1.77. The van der Waals surface area contributed by atoms with E-state index in [4.69, 9.17) is 9.47 Å². The van der Waals surface area contributed by atoms with Crippen molar-refractivity contribution in [2.75, 3.05) is 19.7 Å². The molecule has 2 aromatic carbocycles. The number of fused-ring (bicyclic) bond motifs is 3. The number of hydrogen-bond donors (Lipinski definition) is 2. The molecule has 2 aromatic rings. The number of hydrogen-bond acceptors (Lipinski definition) is 5. The first-order valence-corrected chi connectivity index (χ1v) is 9.81. The Morgan fingerprint density at radius 3 is 3.00 bits per heavy atom. The minimum absolute atomic E-state index is 0.0128. The molecule has 1 amide bonds. The molecule has 0 aliphatic carbocycles. The van der Waals surface area contributed by atoms with E-state index in [1.54, 1.807) is 6.07 Å². The number of nitrogens with zero attached hydrogens (tertiary/aromatic N) is 1. The number of carbonyl (C=O) groups excluding carboxylic acids is 1. The highest BCUT2D eigenvalue weighted by Gasteiger charge is 2.25. The molecule has 6 nitrogen and oxygen atoms in total. The standard InChI is InChI=1S/C22H21F2N3O3/c23-15-2-3-17-14(6-15)12-30-20-8-13(19(24)9-18(17)20)7-16(10-25)27-22(28)21-11-26-4-1-5-29-21/h2-3,6,8-9,16,21,26H,1,4-5,7,11-12H2,(H,27,28)/t16-,21+/m1/s1. The van der Waals surface area contributed by atoms with Crippen LogP contribution in [-0.4, -0.2) is 37.7 Å². The molecular weight excluding hydrogens is 392 g/mol. The maximum atomic E-state index is 14.8. The minimum atomic E-state index is -0.915. The van der Waals surface area contributed by atoms with E-state index < -0.39 is 23.9 Å². The van der Waals surface area contributed by atoms with Crippen molar-refractivity contribution in [3.05, 3.63) is 53.1 Å². The summed E-state index contributed by atoms with van der Waals surface area (Å²) in [5, 5.41) is 15.2. The monoisotopic (exact) mass is 413 g/mol. The van der Waals surface area contributed by atoms with Gasteiger partial charge in [-0.05, 0) is 48.4 Å². The first kappa shape index (κ1) is 20.3. The quantitative estimate of drug-likeness (QED) is 0.805. The van der Waals surface area contributed by atoms with E-state index in [2.05, 4.69) is 10.6 Å². The van der Waals surface area contributed by atoms with Crippen LogP contribution in [0.1, 0.15) is 17.5 Å². The predicted octanol–water partition coefficient (Wildman–Crippen LogP) is 2.45. The second-order valence-corrected chi connectivity index (χ2v) is 7.34. The Kier molecular flexibility index (Phi) is 5.93. The fourth-order valence-electron chi connectivity index (χ4n) is 3.68. The molecule has 0 bridgehead atoms. The van der Waals surface area contributed by atoms with Crippen molar-refractivity contribution < 1.29 is 23.0 Å². The first-order valence-electron chi connectivity index (χ1n) is 9.81. The van der Waals surface area contributed by atoms with Gasteiger partial charge in [-0.3, -0.25) is 4.79 Å². The Labute approximate surface area is 172 Å². The minimum Gasteiger partial charge on any atom is -0.488 e. The summed E-state index contributed by atoms with van der Waals surface area (Å²) in [5.41, 5.74) is 2.15. The number of benzene rings is 2. The van der Waals surface area contributed by atoms with Crippen molar-refractivity contribution in [1.29, 1.82) is 5.26 Å². The molecule has 0 unspecified atom stereocenters. The van der Waals surface area contributed by atoms with E-state index >= 15 is 0 Å². The lowest BCUT2D eigenvalue weighted by atomic mass is 9.94. The van der Waals surface area contributed by atoms with Gasteiger partial charge in [-0.1, -0.05) is 6.07 Å². The Balaban J connectivity index is 1.51. The number of carbonyl (C=O) groups is 1. The summed E-state index contributed by atoms with van der Waals surface area (Å²) in [4.78, 5) is 12.4. The van der Waals surface area contributed by atoms with E-state index in [0.717, 1.165) is 13.0 Å². The van der Waals surface area contributed by atoms with Crippen LogP contribution in [0.2, 0.25) is 0 Å². The van der Waals surface area contributed by atoms with Crippen molar-refractivity contribution in [2.45, 2.75) is 31.6 Å². The van der Waals surface area contributed by atoms with Crippen molar-refractivity contribution in [3.63, 3.8) is 0 Å². The molecule has 156 valence electrons. The highest BCUT2D eigenvalue weighted by atomic mass is 19.1. The molecule has 2 N–H and O–H groups in total. The maximum absolute atomic E-state index is 14.8. The van der Waals surface area contributed by atoms with Crippen LogP contribution >= 0.6 is 0 Å². The summed E-state index contributed by atoms with van der Waals surface area (Å²) >= 11 is 0. The average Bonchev–Trinajstić information content (AvgIpc) is 3.03. The molecule has 1 saturated heterocycles. The van der Waals surface area contributed by atoms with Gasteiger partial charge in [0.2, 0.25) is 0 Å². The third kappa shape index (κ3) is 4.27. The van der Waals surface area contributed by atoms with Crippen LogP contribution in [0.5, 0.6) is 5.75 Å². The predicted molar refractivity (Wildman–Crippen MR) is 105 cm³/mol. The largest absolute Gasteiger partial charge is 0.488 e. The van der Waals surface area contributed by atoms with E-state index in [1.165, 1.54) is 24.3 Å². The second-order valence-electron chi connectivity index (χ2n) is 7.34. The van der Waals surface area contributed by atoms with Crippen LogP contribution in [0.15, 0.2) is 30.3 Å². The van der Waals surface area contributed by atoms with Crippen LogP contribution in [0.4, 0.5) is 8.78 Å². The van der Waals surface area contributed by atoms with Crippen molar-refractivity contribution >= 4 is 5.91 Å². The van der Waals surface area contributed by atoms with Gasteiger partial charge in [-0.2, -0.15) is 5.26 Å². The molecule has 0 spiro atoms. The topological polar surface area (TPSA) is 83.4 Å². The summed E-state index contributed by atoms with van der Waals surface area (Å²) in [5.74, 6) is -0.832. The molecular formula is C22H21F2N3O3. The molecule has 2 heterocycles. The first-order chi connectivity index (χ1) is 14.5. The van der Waals surface area contributed by atoms with Crippen molar-refractivity contribution in [2.24, 2.45) is 0 Å². The lowest BCUT2D eigenvalue weighted by Crippen LogP contribution is -2.46. The molecule has 0 saturated carbocycles. The summed E-state index contributed by atoms with van der Waals surface area (Å²) in [6.07, 6.45) is 0.111. The molecule has 2 aliphatic rings. The van der Waals surface area contributed by atoms with Crippen molar-refractivity contribution in [1.82, 2.24) is 10.6 Å². The fraction of sp³-hybridized carbons (Fsp3) is 0.364. The molecule has 30 heavy (non-hydrogen) atoms. The zero-order chi connectivity index (χ0) is 21.1. The summed E-state index contributed by atoms with van der Waals surface area (Å²) in [7, 11) is 0. The number of amides is 1. The zero-order valence-electron chi connectivity index (χ0n) is 16.2. The lowest BCUT2D eigenvalue weighted by molar-refractivity contribution is -0.132. The van der Waals surface area contributed by atoms with E-state index in [9.17, 15) is 18.8 Å². The van der Waals surface area contributed by atoms with E-state index in [-0.39, 0.29) is 24.4 Å². The molecule has 8 heteroatoms. The lowest BCUT2D eigenvalue weighted by Gasteiger charge is -2.23. The number of ether oxygens (including phenoxy) is 2. The SMILES string of the molecule is N#C[C@@H](Cc1cc2c(cc1F)-c1ccc(F)cc1CO2)NC(=O)[C@@H]1CNCCCO1. The molecule has 4 rings (SSSR count). The van der Waals surface area contributed by atoms with Gasteiger partial charge in [0.15, 0.2) is 0 Å². The maximum Gasteiger partial charge on any atom is 0.251 e. The number of halogens is 2. The van der Waals surface area contributed by atoms with Gasteiger partial charge >= 0.3 is 0 Å². The van der Waals surface area contributed by atoms with Crippen LogP contribution < -0.4 is 15.4 Å². The highest BCUT2D eigenvalue weighted by molar-refractivity contribution is 5.81. The van der Waals surface area contributed by atoms with Gasteiger partial charge in [-0.15, -0.1) is 0 Å². The van der Waals surface area contributed by atoms with Crippen LogP contribution in [0.3, 0.4) is 0 Å². The van der Waals surface area contributed by atoms with Gasteiger partial charge in [0.05, 0.1) is 6.07 Å². The highest BCUT2D eigenvalue weighted by Crippen LogP contribution is 2.39. The third-order valence-corrected chi connectivity index (χ3v) is 5.22. The Morgan fingerprint density at radius 2 is 2.17 bits per heavy atom. The molecule has 0 aromatic heterocycles. The fourth-order valence-corrected chi connectivity index (χ4v) is 3.68. The summed E-state index contributed by atoms with van der Waals surface area (Å²) in [6, 6.07) is 8.26. The molecule has 2 atom stereocenters. The Hall–Kier alpha value is -3.02. The summed E-state index contributed by atoms with van der Waals surface area (Å²) < 4.78 is 39.4. The van der Waals surface area contributed by atoms with Crippen LogP contribution in [0, 0.1) is 23.0 Å². The van der Waals surface area contributed by atoms with Gasteiger partial charge in [0.25, 0.3) is 5.91 Å². The Bertz CT molecular complexity index is 998. The smallest absolute Gasteiger partial charge is 0.251 e. The number of rotatable bonds is 4. The van der Waals surface area contributed by atoms with Gasteiger partial charge in [-0.25, -0.2) is 8.78 Å². The molecule has 1 fully saturated rings. The van der Waals surface area contributed by atoms with E-state index in [1.807, 2.05) is 6.07 Å². The van der Waals surface area contributed by atoms with Gasteiger partial charge in [0, 0.05) is 30.7 Å². The van der Waals surface area contributed by atoms with E-state index in [0.29, 0.717) is 35.6 Å². The molecule has 2 aliphatic heterocycles. The second kappa shape index (κ2) is 8.78.